The fourth-order valence-electron chi connectivity index (χ4n) is 7.05. The average Bonchev–Trinajstić information content (AvgIpc) is 3.00. The molecule has 4 unspecified atom stereocenters. The van der Waals surface area contributed by atoms with Gasteiger partial charge in [0.25, 0.3) is 0 Å². The first-order valence-electron chi connectivity index (χ1n) is 10.7. The standard InChI is InChI=1S/C22H32O4/c1-3-22-12-11-17-16-8-6-15(23)13-14(16)5-7-18(17)19(22)9-10-20(22)26-21(24)25-4-2/h13,16-20H,3-12H2,1-2H3/t16?,17?,18?,19?,20-,22-/m0/s1. The molecular weight excluding hydrogens is 328 g/mol. The number of allylic oxidation sites excluding steroid dienone is 1. The van der Waals surface area contributed by atoms with Crippen molar-refractivity contribution in [2.75, 3.05) is 6.61 Å². The van der Waals surface area contributed by atoms with Gasteiger partial charge in [-0.3, -0.25) is 4.79 Å². The second-order valence-corrected chi connectivity index (χ2v) is 8.80. The molecule has 4 rings (SSSR count). The second kappa shape index (κ2) is 7.01. The number of carbonyl (C=O) groups is 2. The maximum atomic E-state index is 11.9. The van der Waals surface area contributed by atoms with E-state index in [0.717, 1.165) is 50.4 Å². The molecule has 144 valence electrons. The molecule has 3 saturated carbocycles. The minimum Gasteiger partial charge on any atom is -0.435 e. The molecule has 0 saturated heterocycles. The highest BCUT2D eigenvalue weighted by Crippen LogP contribution is 2.63. The van der Waals surface area contributed by atoms with Crippen LogP contribution in [-0.4, -0.2) is 24.6 Å². The molecule has 0 amide bonds. The highest BCUT2D eigenvalue weighted by atomic mass is 16.7. The van der Waals surface area contributed by atoms with Crippen molar-refractivity contribution in [3.63, 3.8) is 0 Å². The van der Waals surface area contributed by atoms with Crippen LogP contribution in [0, 0.1) is 29.1 Å². The molecule has 26 heavy (non-hydrogen) atoms. The van der Waals surface area contributed by atoms with Crippen molar-refractivity contribution in [1.29, 1.82) is 0 Å². The van der Waals surface area contributed by atoms with Gasteiger partial charge in [0.15, 0.2) is 5.78 Å². The zero-order valence-corrected chi connectivity index (χ0v) is 16.2. The molecule has 0 aromatic heterocycles. The maximum Gasteiger partial charge on any atom is 0.508 e. The normalized spacial score (nSPS) is 41.5. The molecule has 0 radical (unpaired) electrons. The molecule has 4 aliphatic rings. The van der Waals surface area contributed by atoms with Crippen LogP contribution in [0.15, 0.2) is 11.6 Å². The SMILES string of the molecule is CCOC(=O)O[C@H]1CCC2C3CCC4=CC(=O)CCC4C3CC[C@@]21CC. The Bertz CT molecular complexity index is 609. The van der Waals surface area contributed by atoms with Gasteiger partial charge in [0.2, 0.25) is 0 Å². The summed E-state index contributed by atoms with van der Waals surface area (Å²) in [5, 5.41) is 0. The number of rotatable bonds is 3. The zero-order chi connectivity index (χ0) is 18.3. The second-order valence-electron chi connectivity index (χ2n) is 8.80. The summed E-state index contributed by atoms with van der Waals surface area (Å²) >= 11 is 0. The number of ether oxygens (including phenoxy) is 2. The Morgan fingerprint density at radius 2 is 1.96 bits per heavy atom. The van der Waals surface area contributed by atoms with E-state index in [0.29, 0.717) is 24.2 Å². The molecule has 6 atom stereocenters. The Labute approximate surface area is 156 Å². The van der Waals surface area contributed by atoms with Gasteiger partial charge in [-0.15, -0.1) is 0 Å². The van der Waals surface area contributed by atoms with Crippen molar-refractivity contribution in [1.82, 2.24) is 0 Å². The van der Waals surface area contributed by atoms with Crippen LogP contribution in [-0.2, 0) is 14.3 Å². The molecule has 0 aromatic carbocycles. The lowest BCUT2D eigenvalue weighted by atomic mass is 9.51. The summed E-state index contributed by atoms with van der Waals surface area (Å²) in [7, 11) is 0. The number of hydrogen-bond acceptors (Lipinski definition) is 4. The fraction of sp³-hybridized carbons (Fsp3) is 0.818. The Morgan fingerprint density at radius 3 is 2.73 bits per heavy atom. The summed E-state index contributed by atoms with van der Waals surface area (Å²) in [5.41, 5.74) is 1.57. The lowest BCUT2D eigenvalue weighted by molar-refractivity contribution is -0.116. The minimum absolute atomic E-state index is 0.0161. The van der Waals surface area contributed by atoms with E-state index in [1.54, 1.807) is 0 Å². The predicted octanol–water partition coefficient (Wildman–Crippen LogP) is 5.06. The van der Waals surface area contributed by atoms with E-state index < -0.39 is 6.16 Å². The quantitative estimate of drug-likeness (QED) is 0.660. The summed E-state index contributed by atoms with van der Waals surface area (Å²) in [6.07, 6.45) is 11.2. The van der Waals surface area contributed by atoms with E-state index in [1.807, 2.05) is 13.0 Å². The topological polar surface area (TPSA) is 52.6 Å². The molecular formula is C22H32O4. The molecule has 4 nitrogen and oxygen atoms in total. The highest BCUT2D eigenvalue weighted by Gasteiger charge is 2.59. The van der Waals surface area contributed by atoms with Gasteiger partial charge in [0.1, 0.15) is 6.10 Å². The third-order valence-electron chi connectivity index (χ3n) is 8.10. The van der Waals surface area contributed by atoms with Crippen LogP contribution >= 0.6 is 0 Å². The molecule has 3 fully saturated rings. The van der Waals surface area contributed by atoms with Crippen LogP contribution in [0.3, 0.4) is 0 Å². The minimum atomic E-state index is -0.493. The van der Waals surface area contributed by atoms with Gasteiger partial charge >= 0.3 is 6.16 Å². The van der Waals surface area contributed by atoms with E-state index in [9.17, 15) is 9.59 Å². The van der Waals surface area contributed by atoms with Gasteiger partial charge in [0.05, 0.1) is 6.61 Å². The summed E-state index contributed by atoms with van der Waals surface area (Å²) in [6, 6.07) is 0. The van der Waals surface area contributed by atoms with Gasteiger partial charge in [-0.1, -0.05) is 12.5 Å². The monoisotopic (exact) mass is 360 g/mol. The fourth-order valence-corrected chi connectivity index (χ4v) is 7.05. The third-order valence-corrected chi connectivity index (χ3v) is 8.10. The highest BCUT2D eigenvalue weighted by molar-refractivity contribution is 5.91. The molecule has 0 spiro atoms. The molecule has 0 heterocycles. The maximum absolute atomic E-state index is 11.9. The van der Waals surface area contributed by atoms with E-state index in [2.05, 4.69) is 6.92 Å². The van der Waals surface area contributed by atoms with Crippen molar-refractivity contribution < 1.29 is 19.1 Å². The van der Waals surface area contributed by atoms with Gasteiger partial charge in [-0.25, -0.2) is 4.79 Å². The zero-order valence-electron chi connectivity index (χ0n) is 16.2. The van der Waals surface area contributed by atoms with E-state index >= 15 is 0 Å². The predicted molar refractivity (Wildman–Crippen MR) is 98.6 cm³/mol. The summed E-state index contributed by atoms with van der Waals surface area (Å²) in [4.78, 5) is 23.8. The van der Waals surface area contributed by atoms with Gasteiger partial charge in [0, 0.05) is 11.8 Å². The summed E-state index contributed by atoms with van der Waals surface area (Å²) < 4.78 is 10.9. The number of fused-ring (bicyclic) bond motifs is 5. The Morgan fingerprint density at radius 1 is 1.12 bits per heavy atom. The molecule has 0 aromatic rings. The molecule has 0 N–H and O–H groups in total. The number of hydrogen-bond donors (Lipinski definition) is 0. The first-order chi connectivity index (χ1) is 12.6. The van der Waals surface area contributed by atoms with Gasteiger partial charge < -0.3 is 9.47 Å². The van der Waals surface area contributed by atoms with Crippen LogP contribution in [0.2, 0.25) is 0 Å². The van der Waals surface area contributed by atoms with Gasteiger partial charge in [-0.2, -0.15) is 0 Å². The van der Waals surface area contributed by atoms with Crippen LogP contribution < -0.4 is 0 Å². The average molecular weight is 360 g/mol. The Kier molecular flexibility index (Phi) is 4.87. The van der Waals surface area contributed by atoms with Gasteiger partial charge in [-0.05, 0) is 88.0 Å². The third kappa shape index (κ3) is 2.80. The van der Waals surface area contributed by atoms with Crippen LogP contribution in [0.25, 0.3) is 0 Å². The largest absolute Gasteiger partial charge is 0.508 e. The van der Waals surface area contributed by atoms with E-state index in [1.165, 1.54) is 24.8 Å². The van der Waals surface area contributed by atoms with Crippen LogP contribution in [0.1, 0.15) is 71.6 Å². The van der Waals surface area contributed by atoms with Crippen molar-refractivity contribution in [2.45, 2.75) is 77.7 Å². The lowest BCUT2D eigenvalue weighted by Gasteiger charge is -2.54. The Hall–Kier alpha value is -1.32. The number of carbonyl (C=O) groups excluding carboxylic acids is 2. The lowest BCUT2D eigenvalue weighted by Crippen LogP contribution is -2.49. The van der Waals surface area contributed by atoms with E-state index in [-0.39, 0.29) is 11.5 Å². The van der Waals surface area contributed by atoms with Crippen LogP contribution in [0.5, 0.6) is 0 Å². The van der Waals surface area contributed by atoms with E-state index in [4.69, 9.17) is 9.47 Å². The molecule has 0 aliphatic heterocycles. The van der Waals surface area contributed by atoms with Crippen molar-refractivity contribution >= 4 is 11.9 Å². The molecule has 4 aliphatic carbocycles. The van der Waals surface area contributed by atoms with Crippen molar-refractivity contribution in [3.8, 4) is 0 Å². The number of ketones is 1. The smallest absolute Gasteiger partial charge is 0.435 e. The summed E-state index contributed by atoms with van der Waals surface area (Å²) in [5.74, 6) is 3.08. The van der Waals surface area contributed by atoms with Crippen LogP contribution in [0.4, 0.5) is 4.79 Å². The first-order valence-corrected chi connectivity index (χ1v) is 10.7. The van der Waals surface area contributed by atoms with Crippen molar-refractivity contribution in [2.24, 2.45) is 29.1 Å². The molecule has 0 bridgehead atoms. The van der Waals surface area contributed by atoms with Crippen molar-refractivity contribution in [3.05, 3.63) is 11.6 Å². The molecule has 4 heteroatoms. The first kappa shape index (κ1) is 18.1. The summed E-state index contributed by atoms with van der Waals surface area (Å²) in [6.45, 7) is 4.46. The Balaban J connectivity index is 1.54.